The molecule has 0 radical (unpaired) electrons. The van der Waals surface area contributed by atoms with Crippen LogP contribution in [0.2, 0.25) is 0 Å². The van der Waals surface area contributed by atoms with Crippen LogP contribution < -0.4 is 5.32 Å². The van der Waals surface area contributed by atoms with Crippen molar-refractivity contribution in [3.05, 3.63) is 12.5 Å². The van der Waals surface area contributed by atoms with Gasteiger partial charge in [-0.3, -0.25) is 0 Å². The van der Waals surface area contributed by atoms with Crippen molar-refractivity contribution in [3.8, 4) is 0 Å². The highest BCUT2D eigenvalue weighted by molar-refractivity contribution is 6.17. The van der Waals surface area contributed by atoms with Crippen LogP contribution >= 0.6 is 11.6 Å². The topological polar surface area (TPSA) is 21.3 Å². The lowest BCUT2D eigenvalue weighted by molar-refractivity contribution is 0.0428. The summed E-state index contributed by atoms with van der Waals surface area (Å²) in [5.74, 6) is 1.38. The van der Waals surface area contributed by atoms with Crippen LogP contribution in [0.15, 0.2) is 12.5 Å². The zero-order valence-corrected chi connectivity index (χ0v) is 8.07. The monoisotopic (exact) mass is 189 g/mol. The molecule has 2 nitrogen and oxygen atoms in total. The van der Waals surface area contributed by atoms with Crippen LogP contribution in [0.25, 0.3) is 0 Å². The Balaban J connectivity index is 1.95. The van der Waals surface area contributed by atoms with Gasteiger partial charge in [0, 0.05) is 12.4 Å². The van der Waals surface area contributed by atoms with E-state index in [2.05, 4.69) is 11.9 Å². The van der Waals surface area contributed by atoms with Gasteiger partial charge in [-0.2, -0.15) is 0 Å². The molecule has 0 atom stereocenters. The lowest BCUT2D eigenvalue weighted by Crippen LogP contribution is -2.26. The molecule has 1 rings (SSSR count). The van der Waals surface area contributed by atoms with E-state index in [0.29, 0.717) is 17.9 Å². The maximum Gasteiger partial charge on any atom is 0.179 e. The molecule has 1 N–H and O–H groups in total. The van der Waals surface area contributed by atoms with E-state index in [-0.39, 0.29) is 0 Å². The van der Waals surface area contributed by atoms with Gasteiger partial charge in [-0.1, -0.05) is 0 Å². The number of hydrogen-bond donors (Lipinski definition) is 1. The molecule has 0 unspecified atom stereocenters. The minimum Gasteiger partial charge on any atom is -0.476 e. The van der Waals surface area contributed by atoms with Gasteiger partial charge >= 0.3 is 0 Å². The van der Waals surface area contributed by atoms with Gasteiger partial charge in [0.15, 0.2) is 5.88 Å². The molecular formula is C9H16ClNO. The van der Waals surface area contributed by atoms with E-state index < -0.39 is 0 Å². The van der Waals surface area contributed by atoms with Gasteiger partial charge in [0.2, 0.25) is 0 Å². The van der Waals surface area contributed by atoms with Crippen molar-refractivity contribution in [1.82, 2.24) is 5.32 Å². The molecule has 1 aliphatic carbocycles. The normalized spacial score (nSPS) is 16.8. The van der Waals surface area contributed by atoms with Crippen LogP contribution in [0, 0.1) is 0 Å². The van der Waals surface area contributed by atoms with E-state index >= 15 is 0 Å². The Bertz CT molecular complexity index is 145. The predicted octanol–water partition coefficient (Wildman–Crippen LogP) is 2.25. The Morgan fingerprint density at radius 2 is 2.33 bits per heavy atom. The molecular weight excluding hydrogens is 174 g/mol. The highest BCUT2D eigenvalue weighted by atomic mass is 35.5. The van der Waals surface area contributed by atoms with Gasteiger partial charge in [0.05, 0.1) is 0 Å². The summed E-state index contributed by atoms with van der Waals surface area (Å²) in [6, 6.07) is 0. The minimum atomic E-state index is 0.418. The third-order valence-electron chi connectivity index (χ3n) is 1.99. The molecule has 1 fully saturated rings. The molecule has 12 heavy (non-hydrogen) atoms. The largest absolute Gasteiger partial charge is 0.476 e. The molecule has 0 aliphatic heterocycles. The first-order valence-electron chi connectivity index (χ1n) is 4.48. The number of rotatable bonds is 6. The summed E-state index contributed by atoms with van der Waals surface area (Å²) < 4.78 is 5.48. The standard InChI is InChI=1S/C9H16ClNO/c1-8(11-7-3-6-10)12-9-4-2-5-9/h9,11H,1-7H2. The van der Waals surface area contributed by atoms with Crippen LogP contribution in [-0.4, -0.2) is 18.5 Å². The molecule has 3 heteroatoms. The maximum absolute atomic E-state index is 5.52. The average Bonchev–Trinajstić information content (AvgIpc) is 1.98. The molecule has 0 heterocycles. The maximum atomic E-state index is 5.52. The summed E-state index contributed by atoms with van der Waals surface area (Å²) in [5, 5.41) is 3.08. The summed E-state index contributed by atoms with van der Waals surface area (Å²) >= 11 is 5.52. The van der Waals surface area contributed by atoms with Crippen molar-refractivity contribution < 1.29 is 4.74 Å². The second-order valence-corrected chi connectivity index (χ2v) is 3.44. The second kappa shape index (κ2) is 5.31. The Morgan fingerprint density at radius 3 is 2.83 bits per heavy atom. The second-order valence-electron chi connectivity index (χ2n) is 3.06. The van der Waals surface area contributed by atoms with E-state index in [9.17, 15) is 0 Å². The molecule has 0 amide bonds. The van der Waals surface area contributed by atoms with Crippen LogP contribution in [0.1, 0.15) is 25.7 Å². The first-order valence-corrected chi connectivity index (χ1v) is 5.02. The molecule has 0 aromatic carbocycles. The van der Waals surface area contributed by atoms with Crippen LogP contribution in [0.4, 0.5) is 0 Å². The van der Waals surface area contributed by atoms with E-state index in [1.54, 1.807) is 0 Å². The molecule has 0 aromatic rings. The van der Waals surface area contributed by atoms with Crippen molar-refractivity contribution in [3.63, 3.8) is 0 Å². The third kappa shape index (κ3) is 3.35. The van der Waals surface area contributed by atoms with Crippen molar-refractivity contribution in [2.45, 2.75) is 31.8 Å². The lowest BCUT2D eigenvalue weighted by atomic mass is 9.96. The number of halogens is 1. The highest BCUT2D eigenvalue weighted by Gasteiger charge is 2.18. The summed E-state index contributed by atoms with van der Waals surface area (Å²) in [7, 11) is 0. The summed E-state index contributed by atoms with van der Waals surface area (Å²) in [5.41, 5.74) is 0. The van der Waals surface area contributed by atoms with Gasteiger partial charge in [0.25, 0.3) is 0 Å². The van der Waals surface area contributed by atoms with Crippen LogP contribution in [0.3, 0.4) is 0 Å². The van der Waals surface area contributed by atoms with Gasteiger partial charge in [-0.15, -0.1) is 11.6 Å². The quantitative estimate of drug-likeness (QED) is 0.393. The molecule has 1 saturated carbocycles. The summed E-state index contributed by atoms with van der Waals surface area (Å²) in [6.45, 7) is 4.63. The Morgan fingerprint density at radius 1 is 1.58 bits per heavy atom. The minimum absolute atomic E-state index is 0.418. The smallest absolute Gasteiger partial charge is 0.179 e. The molecule has 0 spiro atoms. The first kappa shape index (κ1) is 9.72. The Labute approximate surface area is 78.9 Å². The SMILES string of the molecule is C=C(NCCCCl)OC1CCC1. The molecule has 0 bridgehead atoms. The zero-order valence-electron chi connectivity index (χ0n) is 7.31. The fraction of sp³-hybridized carbons (Fsp3) is 0.778. The third-order valence-corrected chi connectivity index (χ3v) is 2.26. The van der Waals surface area contributed by atoms with Crippen molar-refractivity contribution >= 4 is 11.6 Å². The van der Waals surface area contributed by atoms with Crippen molar-refractivity contribution in [2.75, 3.05) is 12.4 Å². The number of ether oxygens (including phenoxy) is 1. The number of hydrogen-bond acceptors (Lipinski definition) is 2. The van der Waals surface area contributed by atoms with E-state index in [1.165, 1.54) is 19.3 Å². The van der Waals surface area contributed by atoms with Gasteiger partial charge < -0.3 is 10.1 Å². The average molecular weight is 190 g/mol. The van der Waals surface area contributed by atoms with E-state index in [0.717, 1.165) is 13.0 Å². The number of nitrogens with one attached hydrogen (secondary N) is 1. The summed E-state index contributed by atoms with van der Waals surface area (Å²) in [6.07, 6.45) is 5.02. The van der Waals surface area contributed by atoms with E-state index in [4.69, 9.17) is 16.3 Å². The highest BCUT2D eigenvalue weighted by Crippen LogP contribution is 2.23. The lowest BCUT2D eigenvalue weighted by Gasteiger charge is -2.27. The van der Waals surface area contributed by atoms with Crippen LogP contribution in [0.5, 0.6) is 0 Å². The Kier molecular flexibility index (Phi) is 4.30. The van der Waals surface area contributed by atoms with Gasteiger partial charge in [-0.25, -0.2) is 0 Å². The fourth-order valence-electron chi connectivity index (χ4n) is 1.03. The van der Waals surface area contributed by atoms with E-state index in [1.807, 2.05) is 0 Å². The van der Waals surface area contributed by atoms with Crippen molar-refractivity contribution in [1.29, 1.82) is 0 Å². The molecule has 1 aliphatic rings. The number of alkyl halides is 1. The summed E-state index contributed by atoms with van der Waals surface area (Å²) in [4.78, 5) is 0. The first-order chi connectivity index (χ1) is 5.83. The zero-order chi connectivity index (χ0) is 8.81. The molecule has 70 valence electrons. The fourth-order valence-corrected chi connectivity index (χ4v) is 1.16. The Hall–Kier alpha value is -0.370. The predicted molar refractivity (Wildman–Crippen MR) is 51.2 cm³/mol. The molecule has 0 saturated heterocycles. The van der Waals surface area contributed by atoms with Crippen LogP contribution in [-0.2, 0) is 4.74 Å². The molecule has 0 aromatic heterocycles. The van der Waals surface area contributed by atoms with Gasteiger partial charge in [-0.05, 0) is 32.3 Å². The van der Waals surface area contributed by atoms with Gasteiger partial charge in [0.1, 0.15) is 6.10 Å². The van der Waals surface area contributed by atoms with Crippen molar-refractivity contribution in [2.24, 2.45) is 0 Å².